The van der Waals surface area contributed by atoms with Gasteiger partial charge in [-0.15, -0.1) is 10.2 Å². The highest BCUT2D eigenvalue weighted by Gasteiger charge is 2.35. The summed E-state index contributed by atoms with van der Waals surface area (Å²) in [4.78, 5) is 7.63. The van der Waals surface area contributed by atoms with Crippen LogP contribution in [0.2, 0.25) is 0 Å². The standard InChI is InChI=1S/C8H6F3N5S/c9-8(10,11)6-15-16-7(17-6)13-3-5-1-2-12-4-14-5/h1-2,4H,3H2,(H,13,16). The lowest BCUT2D eigenvalue weighted by molar-refractivity contribution is -0.138. The van der Waals surface area contributed by atoms with Crippen LogP contribution >= 0.6 is 11.3 Å². The van der Waals surface area contributed by atoms with E-state index in [1.807, 2.05) is 0 Å². The zero-order valence-electron chi connectivity index (χ0n) is 8.27. The second-order valence-corrected chi connectivity index (χ2v) is 3.94. The summed E-state index contributed by atoms with van der Waals surface area (Å²) in [6.07, 6.45) is -1.55. The molecule has 2 aromatic heterocycles. The highest BCUT2D eigenvalue weighted by atomic mass is 32.1. The van der Waals surface area contributed by atoms with Crippen LogP contribution in [0.3, 0.4) is 0 Å². The number of aromatic nitrogens is 4. The Morgan fingerprint density at radius 1 is 1.29 bits per heavy atom. The summed E-state index contributed by atoms with van der Waals surface area (Å²) in [5.41, 5.74) is 0.656. The van der Waals surface area contributed by atoms with Crippen molar-refractivity contribution in [3.63, 3.8) is 0 Å². The van der Waals surface area contributed by atoms with Gasteiger partial charge in [0.15, 0.2) is 0 Å². The van der Waals surface area contributed by atoms with Gasteiger partial charge in [0.1, 0.15) is 6.33 Å². The number of halogens is 3. The van der Waals surface area contributed by atoms with Crippen LogP contribution in [0.15, 0.2) is 18.6 Å². The molecule has 2 heterocycles. The second kappa shape index (κ2) is 4.62. The minimum absolute atomic E-state index is 0.107. The van der Waals surface area contributed by atoms with Crippen molar-refractivity contribution >= 4 is 16.5 Å². The highest BCUT2D eigenvalue weighted by molar-refractivity contribution is 7.15. The number of rotatable bonds is 3. The molecular weight excluding hydrogens is 255 g/mol. The Balaban J connectivity index is 1.99. The van der Waals surface area contributed by atoms with Crippen molar-refractivity contribution in [1.29, 1.82) is 0 Å². The molecule has 0 aliphatic heterocycles. The first-order chi connectivity index (χ1) is 8.05. The van der Waals surface area contributed by atoms with Crippen LogP contribution < -0.4 is 5.32 Å². The predicted molar refractivity (Wildman–Crippen MR) is 54.3 cm³/mol. The van der Waals surface area contributed by atoms with E-state index in [4.69, 9.17) is 0 Å². The van der Waals surface area contributed by atoms with Gasteiger partial charge in [0.2, 0.25) is 10.1 Å². The molecular formula is C8H6F3N5S. The van der Waals surface area contributed by atoms with Crippen LogP contribution in [0.1, 0.15) is 10.7 Å². The molecule has 0 aliphatic rings. The summed E-state index contributed by atoms with van der Waals surface area (Å²) in [6.45, 7) is 0.273. The van der Waals surface area contributed by atoms with Gasteiger partial charge in [-0.1, -0.05) is 11.3 Å². The molecule has 9 heteroatoms. The van der Waals surface area contributed by atoms with E-state index in [9.17, 15) is 13.2 Å². The average molecular weight is 261 g/mol. The van der Waals surface area contributed by atoms with Crippen LogP contribution in [0.5, 0.6) is 0 Å². The maximum atomic E-state index is 12.2. The lowest BCUT2D eigenvalue weighted by Crippen LogP contribution is -2.03. The minimum Gasteiger partial charge on any atom is -0.354 e. The molecule has 2 aromatic rings. The van der Waals surface area contributed by atoms with E-state index in [1.165, 1.54) is 6.33 Å². The zero-order chi connectivity index (χ0) is 12.3. The largest absolute Gasteiger partial charge is 0.445 e. The lowest BCUT2D eigenvalue weighted by atomic mass is 10.4. The van der Waals surface area contributed by atoms with E-state index in [0.29, 0.717) is 17.0 Å². The van der Waals surface area contributed by atoms with Crippen molar-refractivity contribution in [3.05, 3.63) is 29.3 Å². The third-order valence-corrected chi connectivity index (χ3v) is 2.66. The molecule has 0 aromatic carbocycles. The van der Waals surface area contributed by atoms with Gasteiger partial charge in [-0.2, -0.15) is 13.2 Å². The molecule has 0 spiro atoms. The third kappa shape index (κ3) is 3.09. The summed E-state index contributed by atoms with van der Waals surface area (Å²) in [7, 11) is 0. The van der Waals surface area contributed by atoms with E-state index in [-0.39, 0.29) is 11.7 Å². The summed E-state index contributed by atoms with van der Waals surface area (Å²) in [5, 5.41) is 8.29. The molecule has 0 radical (unpaired) electrons. The van der Waals surface area contributed by atoms with E-state index < -0.39 is 11.2 Å². The van der Waals surface area contributed by atoms with Crippen molar-refractivity contribution < 1.29 is 13.2 Å². The molecule has 0 bridgehead atoms. The fraction of sp³-hybridized carbons (Fsp3) is 0.250. The van der Waals surface area contributed by atoms with Crippen molar-refractivity contribution in [2.24, 2.45) is 0 Å². The van der Waals surface area contributed by atoms with Crippen molar-refractivity contribution in [3.8, 4) is 0 Å². The van der Waals surface area contributed by atoms with Gasteiger partial charge in [-0.05, 0) is 6.07 Å². The monoisotopic (exact) mass is 261 g/mol. The van der Waals surface area contributed by atoms with Crippen LogP contribution in [0.25, 0.3) is 0 Å². The minimum atomic E-state index is -4.45. The highest BCUT2D eigenvalue weighted by Crippen LogP contribution is 2.32. The SMILES string of the molecule is FC(F)(F)c1nnc(NCc2ccncn2)s1. The summed E-state index contributed by atoms with van der Waals surface area (Å²) in [6, 6.07) is 1.65. The second-order valence-electron chi connectivity index (χ2n) is 2.96. The molecule has 0 atom stereocenters. The van der Waals surface area contributed by atoms with Crippen LogP contribution in [-0.2, 0) is 12.7 Å². The fourth-order valence-corrected chi connectivity index (χ4v) is 1.60. The predicted octanol–water partition coefficient (Wildman–Crippen LogP) is 1.96. The number of nitrogens with one attached hydrogen (secondary N) is 1. The quantitative estimate of drug-likeness (QED) is 0.915. The van der Waals surface area contributed by atoms with E-state index in [1.54, 1.807) is 12.3 Å². The normalized spacial score (nSPS) is 11.5. The lowest BCUT2D eigenvalue weighted by Gasteiger charge is -2.00. The Morgan fingerprint density at radius 2 is 2.12 bits per heavy atom. The maximum Gasteiger partial charge on any atom is 0.445 e. The molecule has 0 unspecified atom stereocenters. The Morgan fingerprint density at radius 3 is 2.71 bits per heavy atom. The van der Waals surface area contributed by atoms with Gasteiger partial charge in [0.05, 0.1) is 12.2 Å². The number of hydrogen-bond acceptors (Lipinski definition) is 6. The first-order valence-electron chi connectivity index (χ1n) is 4.45. The number of alkyl halides is 3. The number of hydrogen-bond donors (Lipinski definition) is 1. The number of anilines is 1. The third-order valence-electron chi connectivity index (χ3n) is 1.73. The molecule has 0 fully saturated rings. The molecule has 1 N–H and O–H groups in total. The molecule has 0 amide bonds. The molecule has 2 rings (SSSR count). The molecule has 0 aliphatic carbocycles. The Labute approximate surface area is 97.8 Å². The summed E-state index contributed by atoms with van der Waals surface area (Å²) >= 11 is 0.457. The van der Waals surface area contributed by atoms with E-state index >= 15 is 0 Å². The molecule has 17 heavy (non-hydrogen) atoms. The van der Waals surface area contributed by atoms with Crippen LogP contribution in [0.4, 0.5) is 18.3 Å². The Hall–Kier alpha value is -1.77. The van der Waals surface area contributed by atoms with Gasteiger partial charge in [-0.3, -0.25) is 0 Å². The smallest absolute Gasteiger partial charge is 0.354 e. The van der Waals surface area contributed by atoms with Crippen LogP contribution in [-0.4, -0.2) is 20.2 Å². The average Bonchev–Trinajstić information content (AvgIpc) is 2.76. The summed E-state index contributed by atoms with van der Waals surface area (Å²) in [5.74, 6) is 0. The van der Waals surface area contributed by atoms with Gasteiger partial charge < -0.3 is 5.32 Å². The van der Waals surface area contributed by atoms with Gasteiger partial charge in [0, 0.05) is 6.20 Å². The van der Waals surface area contributed by atoms with Gasteiger partial charge >= 0.3 is 6.18 Å². The fourth-order valence-electron chi connectivity index (χ4n) is 0.998. The van der Waals surface area contributed by atoms with Crippen molar-refractivity contribution in [2.75, 3.05) is 5.32 Å². The summed E-state index contributed by atoms with van der Waals surface area (Å²) < 4.78 is 36.7. The maximum absolute atomic E-state index is 12.2. The van der Waals surface area contributed by atoms with Gasteiger partial charge in [0.25, 0.3) is 0 Å². The first kappa shape index (κ1) is 11.7. The molecule has 0 saturated carbocycles. The number of nitrogens with zero attached hydrogens (tertiary/aromatic N) is 4. The first-order valence-corrected chi connectivity index (χ1v) is 5.27. The van der Waals surface area contributed by atoms with Crippen LogP contribution in [0, 0.1) is 0 Å². The Bertz CT molecular complexity index is 483. The Kier molecular flexibility index (Phi) is 3.18. The molecule has 90 valence electrons. The van der Waals surface area contributed by atoms with Crippen molar-refractivity contribution in [2.45, 2.75) is 12.7 Å². The zero-order valence-corrected chi connectivity index (χ0v) is 9.09. The molecule has 5 nitrogen and oxygen atoms in total. The molecule has 0 saturated heterocycles. The van der Waals surface area contributed by atoms with E-state index in [2.05, 4.69) is 25.5 Å². The van der Waals surface area contributed by atoms with E-state index in [0.717, 1.165) is 0 Å². The van der Waals surface area contributed by atoms with Gasteiger partial charge in [-0.25, -0.2) is 9.97 Å². The topological polar surface area (TPSA) is 63.6 Å². The van der Waals surface area contributed by atoms with Crippen molar-refractivity contribution in [1.82, 2.24) is 20.2 Å².